The Kier molecular flexibility index (Phi) is 6.31. The average Bonchev–Trinajstić information content (AvgIpc) is 2.51. The van der Waals surface area contributed by atoms with E-state index >= 15 is 0 Å². The first-order chi connectivity index (χ1) is 10.6. The van der Waals surface area contributed by atoms with Crippen molar-refractivity contribution in [1.82, 2.24) is 4.90 Å². The fourth-order valence-electron chi connectivity index (χ4n) is 3.02. The van der Waals surface area contributed by atoms with E-state index < -0.39 is 0 Å². The molecule has 4 nitrogen and oxygen atoms in total. The number of carbonyl (C=O) groups is 2. The molecule has 120 valence electrons. The molecular formula is C17H24N2O2S. The van der Waals surface area contributed by atoms with Crippen LogP contribution in [0.15, 0.2) is 24.3 Å². The van der Waals surface area contributed by atoms with Crippen LogP contribution in [0.4, 0.5) is 0 Å². The summed E-state index contributed by atoms with van der Waals surface area (Å²) in [5, 5.41) is 0. The minimum atomic E-state index is -0.369. The molecule has 0 aliphatic heterocycles. The number of rotatable bonds is 7. The Morgan fingerprint density at radius 1 is 1.27 bits per heavy atom. The number of nitrogens with zero attached hydrogens (tertiary/aromatic N) is 1. The topological polar surface area (TPSA) is 63.4 Å². The van der Waals surface area contributed by atoms with Gasteiger partial charge in [0.15, 0.2) is 0 Å². The SMILES string of the molecule is CCCN(C(=O)CSCC(N)=O)[C@@H]1CCc2ccccc2C1. The number of amides is 2. The van der Waals surface area contributed by atoms with Crippen LogP contribution in [-0.4, -0.2) is 40.8 Å². The van der Waals surface area contributed by atoms with Crippen LogP contribution in [0.5, 0.6) is 0 Å². The van der Waals surface area contributed by atoms with Crippen molar-refractivity contribution >= 4 is 23.6 Å². The number of carbonyl (C=O) groups excluding carboxylic acids is 2. The molecule has 0 saturated carbocycles. The lowest BCUT2D eigenvalue weighted by atomic mass is 9.87. The minimum absolute atomic E-state index is 0.123. The molecule has 1 aromatic rings. The van der Waals surface area contributed by atoms with E-state index in [-0.39, 0.29) is 23.6 Å². The number of benzene rings is 1. The number of nitrogens with two attached hydrogens (primary N) is 1. The van der Waals surface area contributed by atoms with Gasteiger partial charge in [-0.05, 0) is 36.8 Å². The lowest BCUT2D eigenvalue weighted by molar-refractivity contribution is -0.130. The summed E-state index contributed by atoms with van der Waals surface area (Å²) in [6.07, 6.45) is 3.93. The fourth-order valence-corrected chi connectivity index (χ4v) is 3.66. The molecule has 22 heavy (non-hydrogen) atoms. The van der Waals surface area contributed by atoms with E-state index in [1.807, 2.05) is 4.90 Å². The van der Waals surface area contributed by atoms with E-state index in [9.17, 15) is 9.59 Å². The molecular weight excluding hydrogens is 296 g/mol. The van der Waals surface area contributed by atoms with E-state index in [1.165, 1.54) is 22.9 Å². The van der Waals surface area contributed by atoms with Crippen molar-refractivity contribution in [3.8, 4) is 0 Å². The van der Waals surface area contributed by atoms with Gasteiger partial charge in [0.25, 0.3) is 0 Å². The van der Waals surface area contributed by atoms with Crippen LogP contribution in [0, 0.1) is 0 Å². The van der Waals surface area contributed by atoms with Gasteiger partial charge in [0.05, 0.1) is 11.5 Å². The number of aryl methyl sites for hydroxylation is 1. The molecule has 0 saturated heterocycles. The lowest BCUT2D eigenvalue weighted by Crippen LogP contribution is -2.44. The second-order valence-corrected chi connectivity index (χ2v) is 6.70. The molecule has 1 aliphatic rings. The van der Waals surface area contributed by atoms with Gasteiger partial charge >= 0.3 is 0 Å². The van der Waals surface area contributed by atoms with Crippen LogP contribution in [0.2, 0.25) is 0 Å². The highest BCUT2D eigenvalue weighted by Gasteiger charge is 2.26. The zero-order valence-corrected chi connectivity index (χ0v) is 13.9. The van der Waals surface area contributed by atoms with Crippen molar-refractivity contribution in [2.75, 3.05) is 18.1 Å². The van der Waals surface area contributed by atoms with E-state index in [4.69, 9.17) is 5.73 Å². The lowest BCUT2D eigenvalue weighted by Gasteiger charge is -2.35. The van der Waals surface area contributed by atoms with Gasteiger partial charge in [0, 0.05) is 12.6 Å². The predicted octanol–water partition coefficient (Wildman–Crippen LogP) is 2.00. The fraction of sp³-hybridized carbons (Fsp3) is 0.529. The summed E-state index contributed by atoms with van der Waals surface area (Å²) in [5.41, 5.74) is 7.89. The van der Waals surface area contributed by atoms with Crippen molar-refractivity contribution in [2.45, 2.75) is 38.6 Å². The second-order valence-electron chi connectivity index (χ2n) is 5.71. The van der Waals surface area contributed by atoms with Gasteiger partial charge in [-0.15, -0.1) is 11.8 Å². The van der Waals surface area contributed by atoms with Gasteiger partial charge in [-0.2, -0.15) is 0 Å². The molecule has 2 rings (SSSR count). The first-order valence-corrected chi connectivity index (χ1v) is 8.99. The third kappa shape index (κ3) is 4.50. The van der Waals surface area contributed by atoms with E-state index in [0.717, 1.165) is 32.2 Å². The van der Waals surface area contributed by atoms with Gasteiger partial charge < -0.3 is 10.6 Å². The van der Waals surface area contributed by atoms with E-state index in [0.29, 0.717) is 5.75 Å². The maximum atomic E-state index is 12.5. The van der Waals surface area contributed by atoms with Crippen molar-refractivity contribution < 1.29 is 9.59 Å². The molecule has 0 bridgehead atoms. The van der Waals surface area contributed by atoms with Crippen molar-refractivity contribution in [3.63, 3.8) is 0 Å². The Hall–Kier alpha value is -1.49. The zero-order valence-electron chi connectivity index (χ0n) is 13.1. The number of thioether (sulfide) groups is 1. The van der Waals surface area contributed by atoms with Crippen LogP contribution < -0.4 is 5.73 Å². The normalized spacial score (nSPS) is 16.9. The zero-order chi connectivity index (χ0) is 15.9. The Labute approximate surface area is 136 Å². The van der Waals surface area contributed by atoms with Gasteiger partial charge in [-0.25, -0.2) is 0 Å². The highest BCUT2D eigenvalue weighted by Crippen LogP contribution is 2.25. The minimum Gasteiger partial charge on any atom is -0.369 e. The number of fused-ring (bicyclic) bond motifs is 1. The van der Waals surface area contributed by atoms with Crippen LogP contribution in [0.25, 0.3) is 0 Å². The molecule has 0 unspecified atom stereocenters. The third-order valence-corrected chi connectivity index (χ3v) is 4.96. The molecule has 5 heteroatoms. The Morgan fingerprint density at radius 3 is 2.68 bits per heavy atom. The molecule has 1 atom stereocenters. The van der Waals surface area contributed by atoms with Gasteiger partial charge in [-0.1, -0.05) is 31.2 Å². The number of hydrogen-bond acceptors (Lipinski definition) is 3. The maximum Gasteiger partial charge on any atom is 0.232 e. The standard InChI is InChI=1S/C17H24N2O2S/c1-2-9-19(17(21)12-22-11-16(18)20)15-8-7-13-5-3-4-6-14(13)10-15/h3-6,15H,2,7-12H2,1H3,(H2,18,20)/t15-/m1/s1. The Bertz CT molecular complexity index is 533. The van der Waals surface area contributed by atoms with Gasteiger partial charge in [0.2, 0.25) is 11.8 Å². The van der Waals surface area contributed by atoms with Crippen molar-refractivity contribution in [1.29, 1.82) is 0 Å². The molecule has 2 N–H and O–H groups in total. The number of primary amides is 1. The van der Waals surface area contributed by atoms with Crippen LogP contribution >= 0.6 is 11.8 Å². The molecule has 1 aromatic carbocycles. The molecule has 0 fully saturated rings. The predicted molar refractivity (Wildman–Crippen MR) is 90.8 cm³/mol. The van der Waals surface area contributed by atoms with Crippen LogP contribution in [0.1, 0.15) is 30.9 Å². The summed E-state index contributed by atoms with van der Waals surface area (Å²) in [4.78, 5) is 25.3. The first kappa shape index (κ1) is 16.9. The third-order valence-electron chi connectivity index (χ3n) is 4.02. The summed E-state index contributed by atoms with van der Waals surface area (Å²) in [6.45, 7) is 2.87. The second kappa shape index (κ2) is 8.22. The maximum absolute atomic E-state index is 12.5. The molecule has 2 amide bonds. The van der Waals surface area contributed by atoms with Crippen LogP contribution in [-0.2, 0) is 22.4 Å². The van der Waals surface area contributed by atoms with Gasteiger partial charge in [-0.3, -0.25) is 9.59 Å². The van der Waals surface area contributed by atoms with E-state index in [1.54, 1.807) is 0 Å². The molecule has 0 heterocycles. The summed E-state index contributed by atoms with van der Waals surface area (Å²) >= 11 is 1.31. The monoisotopic (exact) mass is 320 g/mol. The quantitative estimate of drug-likeness (QED) is 0.836. The molecule has 1 aliphatic carbocycles. The molecule has 0 spiro atoms. The largest absolute Gasteiger partial charge is 0.369 e. The average molecular weight is 320 g/mol. The highest BCUT2D eigenvalue weighted by molar-refractivity contribution is 8.00. The number of hydrogen-bond donors (Lipinski definition) is 1. The van der Waals surface area contributed by atoms with Crippen molar-refractivity contribution in [2.24, 2.45) is 5.73 Å². The summed E-state index contributed by atoms with van der Waals surface area (Å²) in [5.74, 6) is 0.296. The smallest absolute Gasteiger partial charge is 0.232 e. The van der Waals surface area contributed by atoms with Gasteiger partial charge in [0.1, 0.15) is 0 Å². The summed E-state index contributed by atoms with van der Waals surface area (Å²) in [7, 11) is 0. The Balaban J connectivity index is 1.99. The van der Waals surface area contributed by atoms with E-state index in [2.05, 4.69) is 31.2 Å². The first-order valence-electron chi connectivity index (χ1n) is 7.84. The molecule has 0 radical (unpaired) electrons. The van der Waals surface area contributed by atoms with Crippen LogP contribution in [0.3, 0.4) is 0 Å². The highest BCUT2D eigenvalue weighted by atomic mass is 32.2. The summed E-state index contributed by atoms with van der Waals surface area (Å²) in [6, 6.07) is 8.76. The van der Waals surface area contributed by atoms with Crippen molar-refractivity contribution in [3.05, 3.63) is 35.4 Å². The Morgan fingerprint density at radius 2 is 2.00 bits per heavy atom. The summed E-state index contributed by atoms with van der Waals surface area (Å²) < 4.78 is 0. The molecule has 0 aromatic heterocycles.